The van der Waals surface area contributed by atoms with Gasteiger partial charge in [0.05, 0.1) is 23.1 Å². The minimum Gasteiger partial charge on any atom is -0.454 e. The van der Waals surface area contributed by atoms with Gasteiger partial charge in [-0.05, 0) is 55.2 Å². The molecular formula is C26H24N4O5S2. The van der Waals surface area contributed by atoms with Crippen LogP contribution in [0.5, 0.6) is 11.5 Å². The topological polar surface area (TPSA) is 94.4 Å². The van der Waals surface area contributed by atoms with E-state index >= 15 is 0 Å². The first-order valence-electron chi connectivity index (χ1n) is 12.0. The van der Waals surface area contributed by atoms with Crippen molar-refractivity contribution in [1.29, 1.82) is 0 Å². The number of hydrogen-bond donors (Lipinski definition) is 1. The van der Waals surface area contributed by atoms with Crippen molar-refractivity contribution in [1.82, 2.24) is 14.3 Å². The average Bonchev–Trinajstić information content (AvgIpc) is 3.63. The van der Waals surface area contributed by atoms with Crippen LogP contribution < -0.4 is 20.3 Å². The molecule has 11 heteroatoms. The minimum atomic E-state index is -0.272. The number of rotatable bonds is 6. The van der Waals surface area contributed by atoms with Crippen molar-refractivity contribution in [3.63, 3.8) is 0 Å². The van der Waals surface area contributed by atoms with E-state index in [2.05, 4.69) is 5.32 Å². The summed E-state index contributed by atoms with van der Waals surface area (Å²) >= 11 is 6.69. The Bertz CT molecular complexity index is 1510. The summed E-state index contributed by atoms with van der Waals surface area (Å²) in [4.78, 5) is 33.5. The highest BCUT2D eigenvalue weighted by Gasteiger charge is 2.35. The molecule has 0 unspecified atom stereocenters. The van der Waals surface area contributed by atoms with Gasteiger partial charge in [0.2, 0.25) is 6.79 Å². The molecule has 0 bridgehead atoms. The van der Waals surface area contributed by atoms with Gasteiger partial charge in [0.15, 0.2) is 11.5 Å². The Morgan fingerprint density at radius 1 is 1.22 bits per heavy atom. The number of hydrogen-bond acceptors (Lipinski definition) is 9. The van der Waals surface area contributed by atoms with Gasteiger partial charge < -0.3 is 19.5 Å². The summed E-state index contributed by atoms with van der Waals surface area (Å²) in [5.74, 6) is 1.54. The van der Waals surface area contributed by atoms with Crippen LogP contribution in [0.4, 0.5) is 5.82 Å². The first kappa shape index (κ1) is 24.0. The molecule has 6 rings (SSSR count). The molecule has 5 heterocycles. The van der Waals surface area contributed by atoms with E-state index in [4.69, 9.17) is 31.4 Å². The molecule has 37 heavy (non-hydrogen) atoms. The molecule has 2 aromatic heterocycles. The summed E-state index contributed by atoms with van der Waals surface area (Å²) < 4.78 is 18.5. The van der Waals surface area contributed by atoms with Crippen molar-refractivity contribution >= 4 is 51.7 Å². The normalized spacial score (nSPS) is 20.0. The molecule has 9 nitrogen and oxygen atoms in total. The summed E-state index contributed by atoms with van der Waals surface area (Å²) in [6, 6.07) is 9.37. The molecule has 0 radical (unpaired) electrons. The number of pyridine rings is 1. The number of thioether (sulfide) groups is 1. The second-order valence-corrected chi connectivity index (χ2v) is 10.8. The van der Waals surface area contributed by atoms with Crippen LogP contribution in [0.1, 0.15) is 29.5 Å². The molecule has 1 N–H and O–H groups in total. The van der Waals surface area contributed by atoms with Crippen LogP contribution in [0.3, 0.4) is 0 Å². The largest absolute Gasteiger partial charge is 0.454 e. The highest BCUT2D eigenvalue weighted by Crippen LogP contribution is 2.35. The number of thiocarbonyl (C=S) groups is 1. The SMILES string of the molecule is Cc1ccc2nc(NCc3ccc4c(c3)OCO4)c(/C=C3\SC(=S)N(C[C@H]4CCCO4)C3=O)c(=O)n2c1. The lowest BCUT2D eigenvalue weighted by molar-refractivity contribution is -0.123. The molecule has 2 saturated heterocycles. The highest BCUT2D eigenvalue weighted by atomic mass is 32.2. The lowest BCUT2D eigenvalue weighted by Crippen LogP contribution is -2.35. The Morgan fingerprint density at radius 2 is 2.08 bits per heavy atom. The number of carbonyl (C=O) groups excluding carboxylic acids is 1. The molecule has 1 amide bonds. The van der Waals surface area contributed by atoms with Crippen molar-refractivity contribution in [2.45, 2.75) is 32.4 Å². The molecule has 190 valence electrons. The van der Waals surface area contributed by atoms with Gasteiger partial charge in [-0.1, -0.05) is 36.1 Å². The van der Waals surface area contributed by atoms with E-state index in [0.29, 0.717) is 57.4 Å². The van der Waals surface area contributed by atoms with E-state index in [1.807, 2.05) is 31.2 Å². The quantitative estimate of drug-likeness (QED) is 0.374. The molecule has 3 aliphatic rings. The maximum atomic E-state index is 13.6. The fourth-order valence-corrected chi connectivity index (χ4v) is 5.80. The van der Waals surface area contributed by atoms with Crippen molar-refractivity contribution < 1.29 is 19.0 Å². The minimum absolute atomic E-state index is 0.0169. The van der Waals surface area contributed by atoms with Gasteiger partial charge in [0.1, 0.15) is 15.8 Å². The van der Waals surface area contributed by atoms with Crippen molar-refractivity contribution in [2.24, 2.45) is 0 Å². The summed E-state index contributed by atoms with van der Waals surface area (Å²) in [7, 11) is 0. The number of aryl methyl sites for hydroxylation is 1. The first-order valence-corrected chi connectivity index (χ1v) is 13.2. The van der Waals surface area contributed by atoms with Gasteiger partial charge in [-0.15, -0.1) is 0 Å². The Labute approximate surface area is 222 Å². The number of carbonyl (C=O) groups is 1. The summed E-state index contributed by atoms with van der Waals surface area (Å²) in [6.45, 7) is 3.63. The fourth-order valence-electron chi connectivity index (χ4n) is 4.54. The van der Waals surface area contributed by atoms with E-state index in [1.165, 1.54) is 16.2 Å². The van der Waals surface area contributed by atoms with Gasteiger partial charge >= 0.3 is 0 Å². The molecule has 1 atom stereocenters. The predicted molar refractivity (Wildman–Crippen MR) is 145 cm³/mol. The van der Waals surface area contributed by atoms with Crippen LogP contribution in [-0.2, 0) is 16.1 Å². The molecule has 3 aromatic rings. The molecule has 3 aliphatic heterocycles. The van der Waals surface area contributed by atoms with Crippen molar-refractivity contribution in [2.75, 3.05) is 25.3 Å². The molecule has 2 fully saturated rings. The van der Waals surface area contributed by atoms with Crippen LogP contribution in [0.2, 0.25) is 0 Å². The van der Waals surface area contributed by atoms with Gasteiger partial charge in [-0.25, -0.2) is 4.98 Å². The van der Waals surface area contributed by atoms with Crippen LogP contribution in [-0.4, -0.2) is 50.6 Å². The van der Waals surface area contributed by atoms with Gasteiger partial charge in [-0.3, -0.25) is 18.9 Å². The van der Waals surface area contributed by atoms with Crippen LogP contribution >= 0.6 is 24.0 Å². The lowest BCUT2D eigenvalue weighted by Gasteiger charge is -2.18. The molecule has 1 aromatic carbocycles. The third kappa shape index (κ3) is 4.70. The summed E-state index contributed by atoms with van der Waals surface area (Å²) in [5, 5.41) is 3.29. The number of ether oxygens (including phenoxy) is 3. The number of aromatic nitrogens is 2. The number of amides is 1. The number of fused-ring (bicyclic) bond motifs is 2. The van der Waals surface area contributed by atoms with Crippen molar-refractivity contribution in [3.05, 3.63) is 68.5 Å². The average molecular weight is 537 g/mol. The first-order chi connectivity index (χ1) is 18.0. The lowest BCUT2D eigenvalue weighted by atomic mass is 10.2. The third-order valence-corrected chi connectivity index (χ3v) is 7.84. The standard InChI is InChI=1S/C26H24N4O5S2/c1-15-4-7-22-28-23(27-11-16-5-6-19-20(9-16)35-14-34-19)18(24(31)29(22)12-15)10-21-25(32)30(26(36)37-21)13-17-3-2-8-33-17/h4-7,9-10,12,17,27H,2-3,8,11,13-14H2,1H3/b21-10-/t17-/m1/s1. The summed E-state index contributed by atoms with van der Waals surface area (Å²) in [5.41, 5.74) is 2.38. The smallest absolute Gasteiger partial charge is 0.267 e. The Hall–Kier alpha value is -3.41. The zero-order valence-corrected chi connectivity index (χ0v) is 21.7. The van der Waals surface area contributed by atoms with E-state index in [-0.39, 0.29) is 24.4 Å². The molecular weight excluding hydrogens is 512 g/mol. The van der Waals surface area contributed by atoms with Gasteiger partial charge in [0, 0.05) is 19.3 Å². The van der Waals surface area contributed by atoms with E-state index in [1.54, 1.807) is 23.2 Å². The number of nitrogens with one attached hydrogen (secondary N) is 1. The van der Waals surface area contributed by atoms with E-state index in [0.717, 1.165) is 24.0 Å². The van der Waals surface area contributed by atoms with Gasteiger partial charge in [0.25, 0.3) is 11.5 Å². The van der Waals surface area contributed by atoms with Crippen molar-refractivity contribution in [3.8, 4) is 11.5 Å². The maximum Gasteiger partial charge on any atom is 0.267 e. The van der Waals surface area contributed by atoms with Crippen LogP contribution in [0, 0.1) is 6.92 Å². The molecule has 0 saturated carbocycles. The maximum absolute atomic E-state index is 13.6. The zero-order valence-electron chi connectivity index (χ0n) is 20.1. The number of benzene rings is 1. The van der Waals surface area contributed by atoms with E-state index in [9.17, 15) is 9.59 Å². The van der Waals surface area contributed by atoms with E-state index < -0.39 is 0 Å². The third-order valence-electron chi connectivity index (χ3n) is 6.46. The second kappa shape index (κ2) is 9.81. The van der Waals surface area contributed by atoms with Crippen LogP contribution in [0.15, 0.2) is 46.2 Å². The number of nitrogens with zero attached hydrogens (tertiary/aromatic N) is 3. The van der Waals surface area contributed by atoms with Crippen LogP contribution in [0.25, 0.3) is 11.7 Å². The predicted octanol–water partition coefficient (Wildman–Crippen LogP) is 3.72. The molecule has 0 aliphatic carbocycles. The second-order valence-electron chi connectivity index (χ2n) is 9.08. The molecule has 0 spiro atoms. The Morgan fingerprint density at radius 3 is 2.92 bits per heavy atom. The Kier molecular flexibility index (Phi) is 6.35. The monoisotopic (exact) mass is 536 g/mol. The highest BCUT2D eigenvalue weighted by molar-refractivity contribution is 8.26. The zero-order chi connectivity index (χ0) is 25.5. The number of anilines is 1. The van der Waals surface area contributed by atoms with Gasteiger partial charge in [-0.2, -0.15) is 0 Å². The Balaban J connectivity index is 1.35. The fraction of sp³-hybridized carbons (Fsp3) is 0.308. The summed E-state index contributed by atoms with van der Waals surface area (Å²) in [6.07, 6.45) is 5.20.